The van der Waals surface area contributed by atoms with Crippen molar-refractivity contribution in [2.45, 2.75) is 18.8 Å². The van der Waals surface area contributed by atoms with Gasteiger partial charge in [-0.3, -0.25) is 0 Å². The van der Waals surface area contributed by atoms with Crippen molar-refractivity contribution in [1.82, 2.24) is 0 Å². The second kappa shape index (κ2) is 3.13. The lowest BCUT2D eigenvalue weighted by Gasteiger charge is -2.11. The first-order valence-corrected chi connectivity index (χ1v) is 4.59. The zero-order chi connectivity index (χ0) is 9.26. The van der Waals surface area contributed by atoms with Crippen LogP contribution in [-0.2, 0) is 0 Å². The Balaban J connectivity index is 2.34. The van der Waals surface area contributed by atoms with Crippen LogP contribution in [0.3, 0.4) is 0 Å². The highest BCUT2D eigenvalue weighted by Crippen LogP contribution is 2.32. The van der Waals surface area contributed by atoms with Gasteiger partial charge in [-0.2, -0.15) is 0 Å². The molecule has 0 saturated carbocycles. The molecule has 1 aromatic carbocycles. The quantitative estimate of drug-likeness (QED) is 0.507. The van der Waals surface area contributed by atoms with E-state index in [4.69, 9.17) is 11.5 Å². The van der Waals surface area contributed by atoms with Gasteiger partial charge in [0.25, 0.3) is 0 Å². The molecule has 0 amide bonds. The van der Waals surface area contributed by atoms with Crippen molar-refractivity contribution < 1.29 is 0 Å². The minimum Gasteiger partial charge on any atom is -0.399 e. The molecule has 0 heterocycles. The van der Waals surface area contributed by atoms with Gasteiger partial charge in [0.05, 0.1) is 0 Å². The van der Waals surface area contributed by atoms with Crippen LogP contribution < -0.4 is 11.5 Å². The van der Waals surface area contributed by atoms with E-state index in [1.807, 2.05) is 18.2 Å². The standard InChI is InChI=1S/C11H14N2/c12-9-5-6-10(11(13)7-9)8-3-1-2-4-8/h1,3,5-8H,2,4,12-13H2. The highest BCUT2D eigenvalue weighted by molar-refractivity contribution is 5.58. The predicted molar refractivity (Wildman–Crippen MR) is 56.4 cm³/mol. The van der Waals surface area contributed by atoms with E-state index in [9.17, 15) is 0 Å². The van der Waals surface area contributed by atoms with Gasteiger partial charge in [-0.15, -0.1) is 0 Å². The van der Waals surface area contributed by atoms with Crippen LogP contribution in [0.25, 0.3) is 0 Å². The summed E-state index contributed by atoms with van der Waals surface area (Å²) in [7, 11) is 0. The first-order chi connectivity index (χ1) is 6.27. The Bertz CT molecular complexity index is 342. The van der Waals surface area contributed by atoms with Crippen molar-refractivity contribution in [2.75, 3.05) is 11.5 Å². The van der Waals surface area contributed by atoms with Crippen LogP contribution in [0, 0.1) is 0 Å². The molecule has 0 bridgehead atoms. The maximum absolute atomic E-state index is 5.89. The zero-order valence-corrected chi connectivity index (χ0v) is 7.53. The van der Waals surface area contributed by atoms with Gasteiger partial charge in [0.15, 0.2) is 0 Å². The largest absolute Gasteiger partial charge is 0.399 e. The fourth-order valence-electron chi connectivity index (χ4n) is 1.82. The van der Waals surface area contributed by atoms with Crippen molar-refractivity contribution in [3.05, 3.63) is 35.9 Å². The molecule has 68 valence electrons. The molecule has 0 aliphatic heterocycles. The molecule has 0 aromatic heterocycles. The Morgan fingerprint density at radius 1 is 1.23 bits per heavy atom. The van der Waals surface area contributed by atoms with E-state index in [2.05, 4.69) is 12.2 Å². The van der Waals surface area contributed by atoms with Crippen LogP contribution in [0.5, 0.6) is 0 Å². The highest BCUT2D eigenvalue weighted by Gasteiger charge is 2.13. The van der Waals surface area contributed by atoms with Crippen LogP contribution >= 0.6 is 0 Å². The summed E-state index contributed by atoms with van der Waals surface area (Å²) in [5.74, 6) is 0.501. The van der Waals surface area contributed by atoms with Gasteiger partial charge < -0.3 is 11.5 Å². The minimum atomic E-state index is 0.501. The molecule has 0 spiro atoms. The molecule has 2 rings (SSSR count). The summed E-state index contributed by atoms with van der Waals surface area (Å²) in [6.07, 6.45) is 6.77. The third-order valence-corrected chi connectivity index (χ3v) is 2.52. The average molecular weight is 174 g/mol. The van der Waals surface area contributed by atoms with Crippen LogP contribution in [0.15, 0.2) is 30.4 Å². The van der Waals surface area contributed by atoms with Gasteiger partial charge in [-0.1, -0.05) is 18.2 Å². The molecule has 0 saturated heterocycles. The number of hydrogen-bond acceptors (Lipinski definition) is 2. The average Bonchev–Trinajstić information content (AvgIpc) is 2.56. The number of allylic oxidation sites excluding steroid dienone is 2. The van der Waals surface area contributed by atoms with Crippen molar-refractivity contribution in [2.24, 2.45) is 0 Å². The number of nitrogens with two attached hydrogens (primary N) is 2. The molecule has 2 nitrogen and oxygen atoms in total. The second-order valence-corrected chi connectivity index (χ2v) is 3.50. The van der Waals surface area contributed by atoms with Crippen LogP contribution in [0.4, 0.5) is 11.4 Å². The van der Waals surface area contributed by atoms with Crippen molar-refractivity contribution in [3.8, 4) is 0 Å². The number of anilines is 2. The Kier molecular flexibility index (Phi) is 1.97. The molecule has 13 heavy (non-hydrogen) atoms. The third-order valence-electron chi connectivity index (χ3n) is 2.52. The number of hydrogen-bond donors (Lipinski definition) is 2. The number of rotatable bonds is 1. The van der Waals surface area contributed by atoms with Gasteiger partial charge in [0, 0.05) is 17.3 Å². The first kappa shape index (κ1) is 8.17. The maximum Gasteiger partial charge on any atom is 0.0373 e. The van der Waals surface area contributed by atoms with Crippen LogP contribution in [-0.4, -0.2) is 0 Å². The van der Waals surface area contributed by atoms with E-state index in [-0.39, 0.29) is 0 Å². The summed E-state index contributed by atoms with van der Waals surface area (Å²) in [6, 6.07) is 5.78. The fraction of sp³-hybridized carbons (Fsp3) is 0.273. The van der Waals surface area contributed by atoms with E-state index in [0.29, 0.717) is 5.92 Å². The van der Waals surface area contributed by atoms with Gasteiger partial charge in [0.1, 0.15) is 0 Å². The van der Waals surface area contributed by atoms with Gasteiger partial charge in [-0.25, -0.2) is 0 Å². The van der Waals surface area contributed by atoms with E-state index in [1.165, 1.54) is 12.0 Å². The van der Waals surface area contributed by atoms with Crippen LogP contribution in [0.1, 0.15) is 24.3 Å². The lowest BCUT2D eigenvalue weighted by atomic mass is 9.97. The van der Waals surface area contributed by atoms with Gasteiger partial charge in [0.2, 0.25) is 0 Å². The molecular formula is C11H14N2. The summed E-state index contributed by atoms with van der Waals surface area (Å²) < 4.78 is 0. The number of benzene rings is 1. The smallest absolute Gasteiger partial charge is 0.0373 e. The summed E-state index contributed by atoms with van der Waals surface area (Å²) in [5, 5.41) is 0. The summed E-state index contributed by atoms with van der Waals surface area (Å²) in [5.41, 5.74) is 14.3. The molecule has 0 radical (unpaired) electrons. The molecule has 1 atom stereocenters. The number of nitrogen functional groups attached to an aromatic ring is 2. The summed E-state index contributed by atoms with van der Waals surface area (Å²) >= 11 is 0. The van der Waals surface area contributed by atoms with Crippen LogP contribution in [0.2, 0.25) is 0 Å². The molecule has 1 aliphatic carbocycles. The Morgan fingerprint density at radius 3 is 2.69 bits per heavy atom. The Hall–Kier alpha value is -1.44. The normalized spacial score (nSPS) is 20.8. The van der Waals surface area contributed by atoms with Crippen molar-refractivity contribution in [3.63, 3.8) is 0 Å². The third kappa shape index (κ3) is 1.52. The maximum atomic E-state index is 5.89. The summed E-state index contributed by atoms with van der Waals surface area (Å²) in [6.45, 7) is 0. The Labute approximate surface area is 78.2 Å². The monoisotopic (exact) mass is 174 g/mol. The second-order valence-electron chi connectivity index (χ2n) is 3.50. The molecule has 1 unspecified atom stereocenters. The summed E-state index contributed by atoms with van der Waals surface area (Å²) in [4.78, 5) is 0. The van der Waals surface area contributed by atoms with E-state index in [1.54, 1.807) is 0 Å². The molecular weight excluding hydrogens is 160 g/mol. The molecule has 1 aliphatic rings. The van der Waals surface area contributed by atoms with E-state index < -0.39 is 0 Å². The molecule has 0 fully saturated rings. The predicted octanol–water partition coefficient (Wildman–Crippen LogP) is 2.28. The lowest BCUT2D eigenvalue weighted by molar-refractivity contribution is 0.803. The minimum absolute atomic E-state index is 0.501. The SMILES string of the molecule is Nc1ccc(C2C=CCC2)c(N)c1. The fourth-order valence-corrected chi connectivity index (χ4v) is 1.82. The Morgan fingerprint density at radius 2 is 2.08 bits per heavy atom. The topological polar surface area (TPSA) is 52.0 Å². The van der Waals surface area contributed by atoms with Crippen molar-refractivity contribution in [1.29, 1.82) is 0 Å². The lowest BCUT2D eigenvalue weighted by Crippen LogP contribution is -1.99. The van der Waals surface area contributed by atoms with Gasteiger partial charge in [-0.05, 0) is 30.5 Å². The van der Waals surface area contributed by atoms with Gasteiger partial charge >= 0.3 is 0 Å². The zero-order valence-electron chi connectivity index (χ0n) is 7.53. The molecule has 4 N–H and O–H groups in total. The first-order valence-electron chi connectivity index (χ1n) is 4.59. The van der Waals surface area contributed by atoms with E-state index in [0.717, 1.165) is 17.8 Å². The van der Waals surface area contributed by atoms with Crippen molar-refractivity contribution >= 4 is 11.4 Å². The highest BCUT2D eigenvalue weighted by atomic mass is 14.6. The molecule has 2 heteroatoms. The van der Waals surface area contributed by atoms with E-state index >= 15 is 0 Å². The molecule has 1 aromatic rings.